The SMILES string of the molecule is CC.CC(=O)N1CCCN(C(=O)c2ccco2)CC1. The predicted molar refractivity (Wildman–Crippen MR) is 72.8 cm³/mol. The first-order chi connectivity index (χ1) is 9.18. The summed E-state index contributed by atoms with van der Waals surface area (Å²) in [6, 6.07) is 3.36. The fourth-order valence-electron chi connectivity index (χ4n) is 1.99. The molecule has 0 aromatic carbocycles. The number of rotatable bonds is 1. The Balaban J connectivity index is 0.000000861. The number of hydrogen-bond donors (Lipinski definition) is 0. The number of amides is 2. The fourth-order valence-corrected chi connectivity index (χ4v) is 1.99. The highest BCUT2D eigenvalue weighted by Gasteiger charge is 2.22. The molecular formula is C14H22N2O3. The summed E-state index contributed by atoms with van der Waals surface area (Å²) < 4.78 is 5.09. The molecule has 1 aliphatic heterocycles. The van der Waals surface area contributed by atoms with Crippen LogP contribution in [0.2, 0.25) is 0 Å². The second kappa shape index (κ2) is 7.61. The van der Waals surface area contributed by atoms with E-state index in [-0.39, 0.29) is 11.8 Å². The molecule has 0 aliphatic carbocycles. The van der Waals surface area contributed by atoms with Crippen LogP contribution >= 0.6 is 0 Å². The van der Waals surface area contributed by atoms with Gasteiger partial charge in [0.2, 0.25) is 5.91 Å². The van der Waals surface area contributed by atoms with Gasteiger partial charge in [0, 0.05) is 33.1 Å². The van der Waals surface area contributed by atoms with Gasteiger partial charge in [0.15, 0.2) is 5.76 Å². The zero-order valence-corrected chi connectivity index (χ0v) is 11.9. The third-order valence-corrected chi connectivity index (χ3v) is 2.96. The van der Waals surface area contributed by atoms with Crippen LogP contribution in [0.5, 0.6) is 0 Å². The molecule has 0 saturated carbocycles. The van der Waals surface area contributed by atoms with Crippen LogP contribution in [0.1, 0.15) is 37.7 Å². The largest absolute Gasteiger partial charge is 0.459 e. The summed E-state index contributed by atoms with van der Waals surface area (Å²) in [6.45, 7) is 8.12. The molecular weight excluding hydrogens is 244 g/mol. The van der Waals surface area contributed by atoms with Crippen LogP contribution in [-0.2, 0) is 4.79 Å². The minimum atomic E-state index is -0.0968. The van der Waals surface area contributed by atoms with E-state index in [0.29, 0.717) is 25.4 Å². The van der Waals surface area contributed by atoms with Crippen molar-refractivity contribution in [3.05, 3.63) is 24.2 Å². The molecule has 1 aromatic rings. The van der Waals surface area contributed by atoms with Crippen LogP contribution in [0.3, 0.4) is 0 Å². The summed E-state index contributed by atoms with van der Waals surface area (Å²) in [4.78, 5) is 26.8. The minimum absolute atomic E-state index is 0.0669. The van der Waals surface area contributed by atoms with E-state index in [9.17, 15) is 9.59 Å². The van der Waals surface area contributed by atoms with Crippen LogP contribution in [0.4, 0.5) is 0 Å². The molecule has 0 N–H and O–H groups in total. The standard InChI is InChI=1S/C12H16N2O3.C2H6/c1-10(15)13-5-3-6-14(8-7-13)12(16)11-4-2-9-17-11;1-2/h2,4,9H,3,5-8H2,1H3;1-2H3. The van der Waals surface area contributed by atoms with Gasteiger partial charge in [-0.2, -0.15) is 0 Å². The van der Waals surface area contributed by atoms with E-state index in [1.807, 2.05) is 13.8 Å². The first kappa shape index (κ1) is 15.3. The van der Waals surface area contributed by atoms with E-state index >= 15 is 0 Å². The smallest absolute Gasteiger partial charge is 0.289 e. The van der Waals surface area contributed by atoms with Crippen LogP contribution in [0, 0.1) is 0 Å². The van der Waals surface area contributed by atoms with Crippen molar-refractivity contribution >= 4 is 11.8 Å². The normalized spacial score (nSPS) is 15.3. The van der Waals surface area contributed by atoms with Gasteiger partial charge in [-0.3, -0.25) is 9.59 Å². The molecule has 2 rings (SSSR count). The first-order valence-electron chi connectivity index (χ1n) is 6.77. The van der Waals surface area contributed by atoms with E-state index in [2.05, 4.69) is 0 Å². The molecule has 19 heavy (non-hydrogen) atoms. The summed E-state index contributed by atoms with van der Waals surface area (Å²) >= 11 is 0. The van der Waals surface area contributed by atoms with Gasteiger partial charge in [-0.05, 0) is 18.6 Å². The quantitative estimate of drug-likeness (QED) is 0.781. The lowest BCUT2D eigenvalue weighted by Gasteiger charge is -2.20. The van der Waals surface area contributed by atoms with Crippen molar-refractivity contribution in [2.75, 3.05) is 26.2 Å². The molecule has 1 aromatic heterocycles. The second-order valence-corrected chi connectivity index (χ2v) is 4.13. The summed E-state index contributed by atoms with van der Waals surface area (Å²) in [7, 11) is 0. The second-order valence-electron chi connectivity index (χ2n) is 4.13. The lowest BCUT2D eigenvalue weighted by atomic mass is 10.3. The van der Waals surface area contributed by atoms with E-state index in [1.165, 1.54) is 6.26 Å². The summed E-state index contributed by atoms with van der Waals surface area (Å²) in [6.07, 6.45) is 2.30. The molecule has 0 unspecified atom stereocenters. The maximum Gasteiger partial charge on any atom is 0.289 e. The number of carbonyl (C=O) groups excluding carboxylic acids is 2. The van der Waals surface area contributed by atoms with Crippen molar-refractivity contribution in [1.82, 2.24) is 9.80 Å². The van der Waals surface area contributed by atoms with E-state index in [0.717, 1.165) is 13.0 Å². The zero-order chi connectivity index (χ0) is 14.3. The third-order valence-electron chi connectivity index (χ3n) is 2.96. The van der Waals surface area contributed by atoms with Crippen molar-refractivity contribution in [1.29, 1.82) is 0 Å². The monoisotopic (exact) mass is 266 g/mol. The highest BCUT2D eigenvalue weighted by Crippen LogP contribution is 2.09. The molecule has 1 saturated heterocycles. The Kier molecular flexibility index (Phi) is 6.12. The van der Waals surface area contributed by atoms with Gasteiger partial charge in [-0.15, -0.1) is 0 Å². The lowest BCUT2D eigenvalue weighted by molar-refractivity contribution is -0.128. The van der Waals surface area contributed by atoms with Crippen molar-refractivity contribution in [2.24, 2.45) is 0 Å². The van der Waals surface area contributed by atoms with E-state index in [1.54, 1.807) is 28.9 Å². The van der Waals surface area contributed by atoms with Gasteiger partial charge in [0.1, 0.15) is 0 Å². The van der Waals surface area contributed by atoms with Gasteiger partial charge >= 0.3 is 0 Å². The fraction of sp³-hybridized carbons (Fsp3) is 0.571. The van der Waals surface area contributed by atoms with Crippen LogP contribution in [-0.4, -0.2) is 47.8 Å². The average Bonchev–Trinajstić information content (AvgIpc) is 2.84. The topological polar surface area (TPSA) is 53.8 Å². The Morgan fingerprint density at radius 2 is 1.74 bits per heavy atom. The highest BCUT2D eigenvalue weighted by molar-refractivity contribution is 5.91. The van der Waals surface area contributed by atoms with Gasteiger partial charge < -0.3 is 14.2 Å². The molecule has 0 spiro atoms. The maximum absolute atomic E-state index is 12.0. The summed E-state index contributed by atoms with van der Waals surface area (Å²) in [5.41, 5.74) is 0. The van der Waals surface area contributed by atoms with Gasteiger partial charge in [0.25, 0.3) is 5.91 Å². The summed E-state index contributed by atoms with van der Waals surface area (Å²) in [5, 5.41) is 0. The van der Waals surface area contributed by atoms with Gasteiger partial charge in [-0.1, -0.05) is 13.8 Å². The van der Waals surface area contributed by atoms with E-state index in [4.69, 9.17) is 4.42 Å². The van der Waals surface area contributed by atoms with Gasteiger partial charge in [0.05, 0.1) is 6.26 Å². The van der Waals surface area contributed by atoms with E-state index < -0.39 is 0 Å². The number of furan rings is 1. The zero-order valence-electron chi connectivity index (χ0n) is 11.9. The predicted octanol–water partition coefficient (Wildman–Crippen LogP) is 2.00. The molecule has 1 aliphatic rings. The molecule has 2 heterocycles. The Hall–Kier alpha value is -1.78. The molecule has 2 amide bonds. The third kappa shape index (κ3) is 4.12. The van der Waals surface area contributed by atoms with Gasteiger partial charge in [-0.25, -0.2) is 0 Å². The molecule has 0 bridgehead atoms. The molecule has 1 fully saturated rings. The minimum Gasteiger partial charge on any atom is -0.459 e. The Morgan fingerprint density at radius 3 is 2.32 bits per heavy atom. The Bertz CT molecular complexity index is 401. The Morgan fingerprint density at radius 1 is 1.11 bits per heavy atom. The first-order valence-corrected chi connectivity index (χ1v) is 6.77. The number of hydrogen-bond acceptors (Lipinski definition) is 3. The van der Waals surface area contributed by atoms with Crippen molar-refractivity contribution < 1.29 is 14.0 Å². The van der Waals surface area contributed by atoms with Crippen LogP contribution in [0.25, 0.3) is 0 Å². The summed E-state index contributed by atoms with van der Waals surface area (Å²) in [5.74, 6) is 0.332. The van der Waals surface area contributed by atoms with Crippen molar-refractivity contribution in [3.8, 4) is 0 Å². The van der Waals surface area contributed by atoms with Crippen LogP contribution < -0.4 is 0 Å². The maximum atomic E-state index is 12.0. The van der Waals surface area contributed by atoms with Crippen molar-refractivity contribution in [3.63, 3.8) is 0 Å². The molecule has 5 heteroatoms. The average molecular weight is 266 g/mol. The number of carbonyl (C=O) groups is 2. The Labute approximate surface area is 114 Å². The molecule has 0 atom stereocenters. The van der Waals surface area contributed by atoms with Crippen molar-refractivity contribution in [2.45, 2.75) is 27.2 Å². The molecule has 106 valence electrons. The molecule has 0 radical (unpaired) electrons. The lowest BCUT2D eigenvalue weighted by Crippen LogP contribution is -2.36. The number of nitrogens with zero attached hydrogens (tertiary/aromatic N) is 2. The van der Waals surface area contributed by atoms with Crippen LogP contribution in [0.15, 0.2) is 22.8 Å². The molecule has 5 nitrogen and oxygen atoms in total. The highest BCUT2D eigenvalue weighted by atomic mass is 16.3.